The minimum Gasteiger partial charge on any atom is -0.377 e. The summed E-state index contributed by atoms with van der Waals surface area (Å²) in [6.07, 6.45) is 7.05. The van der Waals surface area contributed by atoms with Gasteiger partial charge < -0.3 is 10.4 Å². The second kappa shape index (κ2) is 4.61. The molecule has 2 nitrogen and oxygen atoms in total. The predicted octanol–water partition coefficient (Wildman–Crippen LogP) is 1.85. The fraction of sp³-hybridized carbons (Fsp3) is 0.714. The Kier molecular flexibility index (Phi) is 3.37. The maximum Gasteiger partial charge on any atom is 0.131 e. The first kappa shape index (κ1) is 11.7. The Morgan fingerprint density at radius 1 is 1.44 bits per heavy atom. The van der Waals surface area contributed by atoms with Crippen LogP contribution in [0.1, 0.15) is 39.0 Å². The third kappa shape index (κ3) is 2.16. The maximum atomic E-state index is 10.7. The molecule has 1 aliphatic heterocycles. The lowest BCUT2D eigenvalue weighted by molar-refractivity contribution is -0.0385. The Balaban J connectivity index is 2.23. The van der Waals surface area contributed by atoms with Crippen molar-refractivity contribution in [3.8, 4) is 11.8 Å². The van der Waals surface area contributed by atoms with E-state index in [1.807, 2.05) is 0 Å². The molecule has 0 aromatic heterocycles. The highest BCUT2D eigenvalue weighted by Crippen LogP contribution is 2.39. The molecule has 1 saturated carbocycles. The van der Waals surface area contributed by atoms with E-state index in [4.69, 9.17) is 0 Å². The van der Waals surface area contributed by atoms with Crippen molar-refractivity contribution in [2.45, 2.75) is 56.7 Å². The number of hydrogen-bond donors (Lipinski definition) is 2. The van der Waals surface area contributed by atoms with Gasteiger partial charge in [0.2, 0.25) is 0 Å². The molecule has 0 aromatic rings. The zero-order valence-electron chi connectivity index (χ0n) is 10.00. The Bertz CT molecular complexity index is 327. The van der Waals surface area contributed by atoms with Crippen molar-refractivity contribution in [2.24, 2.45) is 5.92 Å². The van der Waals surface area contributed by atoms with E-state index in [9.17, 15) is 5.11 Å². The molecule has 0 bridgehead atoms. The molecule has 1 aliphatic carbocycles. The summed E-state index contributed by atoms with van der Waals surface area (Å²) in [7, 11) is 0. The molecular weight excluding hydrogens is 198 g/mol. The molecule has 16 heavy (non-hydrogen) atoms. The summed E-state index contributed by atoms with van der Waals surface area (Å²) in [5.41, 5.74) is -0.802. The van der Waals surface area contributed by atoms with Gasteiger partial charge in [0.25, 0.3) is 0 Å². The van der Waals surface area contributed by atoms with Gasteiger partial charge in [-0.3, -0.25) is 0 Å². The van der Waals surface area contributed by atoms with Gasteiger partial charge in [-0.25, -0.2) is 0 Å². The Hall–Kier alpha value is -0.780. The standard InChI is InChI=1S/C14H21NO/c1-3-4-9-14(16)10-11(2)15-13-8-6-5-7-12(13)14/h3,11-13,15-16H,1,5-8,10H2,2H3/t11-,12+,13+,14-/m1/s1. The zero-order valence-corrected chi connectivity index (χ0v) is 10.00. The third-order valence-corrected chi connectivity index (χ3v) is 3.89. The first-order valence-corrected chi connectivity index (χ1v) is 6.28. The van der Waals surface area contributed by atoms with Crippen molar-refractivity contribution in [1.82, 2.24) is 5.32 Å². The molecule has 2 fully saturated rings. The molecule has 0 amide bonds. The van der Waals surface area contributed by atoms with Gasteiger partial charge in [0, 0.05) is 24.4 Å². The molecule has 2 heteroatoms. The summed E-state index contributed by atoms with van der Waals surface area (Å²) in [6, 6.07) is 0.796. The second-order valence-electron chi connectivity index (χ2n) is 5.17. The van der Waals surface area contributed by atoms with Crippen molar-refractivity contribution in [2.75, 3.05) is 0 Å². The van der Waals surface area contributed by atoms with Gasteiger partial charge in [0.15, 0.2) is 0 Å². The van der Waals surface area contributed by atoms with Gasteiger partial charge in [-0.2, -0.15) is 0 Å². The van der Waals surface area contributed by atoms with Crippen LogP contribution in [0.3, 0.4) is 0 Å². The maximum absolute atomic E-state index is 10.7. The molecule has 88 valence electrons. The minimum atomic E-state index is -0.802. The van der Waals surface area contributed by atoms with E-state index in [1.54, 1.807) is 6.08 Å². The van der Waals surface area contributed by atoms with E-state index in [-0.39, 0.29) is 0 Å². The van der Waals surface area contributed by atoms with Crippen LogP contribution in [0.15, 0.2) is 12.7 Å². The number of piperidine rings is 1. The Morgan fingerprint density at radius 3 is 2.94 bits per heavy atom. The molecule has 2 aliphatic rings. The van der Waals surface area contributed by atoms with Gasteiger partial charge in [0.05, 0.1) is 0 Å². The number of rotatable bonds is 0. The summed E-state index contributed by atoms with van der Waals surface area (Å²) < 4.78 is 0. The predicted molar refractivity (Wildman–Crippen MR) is 65.9 cm³/mol. The summed E-state index contributed by atoms with van der Waals surface area (Å²) in [5.74, 6) is 6.17. The molecule has 0 radical (unpaired) electrons. The molecule has 0 unspecified atom stereocenters. The lowest BCUT2D eigenvalue weighted by Crippen LogP contribution is -2.59. The fourth-order valence-electron chi connectivity index (χ4n) is 3.26. The SMILES string of the molecule is C=CC#C[C@@]1(O)C[C@@H](C)N[C@H]2CCCC[C@@H]21. The zero-order chi connectivity index (χ0) is 11.6. The number of fused-ring (bicyclic) bond motifs is 1. The van der Waals surface area contributed by atoms with Crippen LogP contribution in [0, 0.1) is 17.8 Å². The van der Waals surface area contributed by atoms with Crippen LogP contribution in [0.5, 0.6) is 0 Å². The summed E-state index contributed by atoms with van der Waals surface area (Å²) >= 11 is 0. The fourth-order valence-corrected chi connectivity index (χ4v) is 3.26. The molecule has 4 atom stereocenters. The highest BCUT2D eigenvalue weighted by atomic mass is 16.3. The van der Waals surface area contributed by atoms with Crippen molar-refractivity contribution in [3.05, 3.63) is 12.7 Å². The van der Waals surface area contributed by atoms with Gasteiger partial charge in [0.1, 0.15) is 5.60 Å². The van der Waals surface area contributed by atoms with Crippen molar-refractivity contribution < 1.29 is 5.11 Å². The van der Waals surface area contributed by atoms with Crippen molar-refractivity contribution in [3.63, 3.8) is 0 Å². The topological polar surface area (TPSA) is 32.3 Å². The normalized spacial score (nSPS) is 42.8. The van der Waals surface area contributed by atoms with Crippen LogP contribution in [0.2, 0.25) is 0 Å². The first-order chi connectivity index (χ1) is 7.65. The Labute approximate surface area is 98.1 Å². The quantitative estimate of drug-likeness (QED) is 0.609. The van der Waals surface area contributed by atoms with Gasteiger partial charge in [-0.15, -0.1) is 0 Å². The van der Waals surface area contributed by atoms with Crippen molar-refractivity contribution >= 4 is 0 Å². The van der Waals surface area contributed by atoms with Gasteiger partial charge >= 0.3 is 0 Å². The monoisotopic (exact) mass is 219 g/mol. The minimum absolute atomic E-state index is 0.296. The van der Waals surface area contributed by atoms with E-state index in [1.165, 1.54) is 19.3 Å². The molecule has 0 spiro atoms. The number of allylic oxidation sites excluding steroid dienone is 1. The van der Waals surface area contributed by atoms with Crippen LogP contribution in [-0.4, -0.2) is 22.8 Å². The summed E-state index contributed by atoms with van der Waals surface area (Å²) in [5, 5.41) is 14.3. The smallest absolute Gasteiger partial charge is 0.131 e. The van der Waals surface area contributed by atoms with Gasteiger partial charge in [-0.05, 0) is 25.8 Å². The van der Waals surface area contributed by atoms with Crippen LogP contribution in [0.25, 0.3) is 0 Å². The number of hydrogen-bond acceptors (Lipinski definition) is 2. The third-order valence-electron chi connectivity index (χ3n) is 3.89. The van der Waals surface area contributed by atoms with Crippen LogP contribution in [-0.2, 0) is 0 Å². The van der Waals surface area contributed by atoms with E-state index in [0.717, 1.165) is 12.8 Å². The molecular formula is C14H21NO. The van der Waals surface area contributed by atoms with E-state index < -0.39 is 5.60 Å². The lowest BCUT2D eigenvalue weighted by atomic mass is 9.68. The summed E-state index contributed by atoms with van der Waals surface area (Å²) in [6.45, 7) is 5.73. The van der Waals surface area contributed by atoms with Crippen LogP contribution >= 0.6 is 0 Å². The van der Waals surface area contributed by atoms with E-state index in [2.05, 4.69) is 30.7 Å². The average molecular weight is 219 g/mol. The summed E-state index contributed by atoms with van der Waals surface area (Å²) in [4.78, 5) is 0. The average Bonchev–Trinajstić information content (AvgIpc) is 2.26. The molecule has 2 rings (SSSR count). The van der Waals surface area contributed by atoms with Crippen molar-refractivity contribution in [1.29, 1.82) is 0 Å². The van der Waals surface area contributed by atoms with E-state index >= 15 is 0 Å². The molecule has 1 heterocycles. The highest BCUT2D eigenvalue weighted by molar-refractivity contribution is 5.25. The van der Waals surface area contributed by atoms with Gasteiger partial charge in [-0.1, -0.05) is 31.3 Å². The first-order valence-electron chi connectivity index (χ1n) is 6.28. The lowest BCUT2D eigenvalue weighted by Gasteiger charge is -2.47. The van der Waals surface area contributed by atoms with E-state index in [0.29, 0.717) is 18.0 Å². The van der Waals surface area contributed by atoms with Crippen LogP contribution < -0.4 is 5.32 Å². The second-order valence-corrected chi connectivity index (χ2v) is 5.17. The molecule has 2 N–H and O–H groups in total. The highest BCUT2D eigenvalue weighted by Gasteiger charge is 2.46. The van der Waals surface area contributed by atoms with Crippen LogP contribution in [0.4, 0.5) is 0 Å². The Morgan fingerprint density at radius 2 is 2.19 bits per heavy atom. The molecule has 0 aromatic carbocycles. The largest absolute Gasteiger partial charge is 0.377 e. The number of nitrogens with one attached hydrogen (secondary N) is 1. The molecule has 1 saturated heterocycles. The number of aliphatic hydroxyl groups is 1.